The summed E-state index contributed by atoms with van der Waals surface area (Å²) in [5.74, 6) is 1.96. The molecule has 0 fully saturated rings. The third-order valence-corrected chi connectivity index (χ3v) is 5.96. The van der Waals surface area contributed by atoms with Crippen LogP contribution in [0.5, 0.6) is 5.75 Å². The van der Waals surface area contributed by atoms with E-state index in [1.807, 2.05) is 0 Å². The van der Waals surface area contributed by atoms with Gasteiger partial charge in [0, 0.05) is 0 Å². The lowest BCUT2D eigenvalue weighted by atomic mass is 9.84. The van der Waals surface area contributed by atoms with Crippen molar-refractivity contribution < 1.29 is 4.74 Å². The Morgan fingerprint density at radius 3 is 2.26 bits per heavy atom. The Kier molecular flexibility index (Phi) is 11.3. The van der Waals surface area contributed by atoms with E-state index in [0.717, 1.165) is 24.7 Å². The highest BCUT2D eigenvalue weighted by molar-refractivity contribution is 5.28. The molecule has 0 radical (unpaired) electrons. The van der Waals surface area contributed by atoms with Gasteiger partial charge in [0.1, 0.15) is 5.75 Å². The Balaban J connectivity index is 1.57. The number of rotatable bonds is 14. The predicted octanol–water partition coefficient (Wildman–Crippen LogP) is 8.28. The van der Waals surface area contributed by atoms with E-state index >= 15 is 0 Å². The second-order valence-electron chi connectivity index (χ2n) is 8.41. The van der Waals surface area contributed by atoms with Gasteiger partial charge < -0.3 is 4.74 Å². The van der Waals surface area contributed by atoms with Crippen LogP contribution in [0.3, 0.4) is 0 Å². The molecule has 1 nitrogen and oxygen atoms in total. The van der Waals surface area contributed by atoms with Gasteiger partial charge in [-0.15, -0.1) is 0 Å². The summed E-state index contributed by atoms with van der Waals surface area (Å²) < 4.78 is 5.67. The lowest BCUT2D eigenvalue weighted by Crippen LogP contribution is -2.06. The van der Waals surface area contributed by atoms with E-state index in [9.17, 15) is 0 Å². The van der Waals surface area contributed by atoms with Gasteiger partial charge >= 0.3 is 0 Å². The molecular weight excluding hydrogens is 328 g/mol. The summed E-state index contributed by atoms with van der Waals surface area (Å²) in [5.41, 5.74) is 3.13. The number of hydrogen-bond acceptors (Lipinski definition) is 1. The van der Waals surface area contributed by atoms with Gasteiger partial charge in [0.2, 0.25) is 0 Å². The van der Waals surface area contributed by atoms with E-state index in [1.54, 1.807) is 5.57 Å². The fourth-order valence-corrected chi connectivity index (χ4v) is 4.10. The number of benzene rings is 1. The third kappa shape index (κ3) is 9.49. The van der Waals surface area contributed by atoms with Crippen LogP contribution in [0.15, 0.2) is 35.9 Å². The van der Waals surface area contributed by atoms with Crippen molar-refractivity contribution in [2.45, 2.75) is 104 Å². The highest BCUT2D eigenvalue weighted by atomic mass is 16.5. The van der Waals surface area contributed by atoms with Crippen LogP contribution in [-0.4, -0.2) is 6.61 Å². The molecule has 1 aliphatic carbocycles. The summed E-state index contributed by atoms with van der Waals surface area (Å²) in [4.78, 5) is 0. The summed E-state index contributed by atoms with van der Waals surface area (Å²) in [5, 5.41) is 0. The number of hydrogen-bond donors (Lipinski definition) is 0. The minimum atomic E-state index is 0.812. The van der Waals surface area contributed by atoms with Gasteiger partial charge in [0.05, 0.1) is 6.61 Å². The molecule has 0 heterocycles. The summed E-state index contributed by atoms with van der Waals surface area (Å²) in [6.45, 7) is 5.25. The van der Waals surface area contributed by atoms with Crippen LogP contribution in [0, 0.1) is 5.92 Å². The molecule has 152 valence electrons. The van der Waals surface area contributed by atoms with E-state index in [0.29, 0.717) is 0 Å². The van der Waals surface area contributed by atoms with Crippen LogP contribution < -0.4 is 4.74 Å². The van der Waals surface area contributed by atoms with Crippen LogP contribution in [0.4, 0.5) is 0 Å². The van der Waals surface area contributed by atoms with Gasteiger partial charge in [-0.1, -0.05) is 89.0 Å². The fourth-order valence-electron chi connectivity index (χ4n) is 4.10. The molecule has 2 rings (SSSR count). The maximum Gasteiger partial charge on any atom is 0.119 e. The van der Waals surface area contributed by atoms with Gasteiger partial charge in [-0.2, -0.15) is 0 Å². The summed E-state index contributed by atoms with van der Waals surface area (Å²) in [6.07, 6.45) is 21.6. The molecule has 0 N–H and O–H groups in total. The lowest BCUT2D eigenvalue weighted by Gasteiger charge is -2.22. The molecule has 1 aromatic rings. The second kappa shape index (κ2) is 13.9. The molecule has 0 spiro atoms. The number of ether oxygens (including phenoxy) is 1. The first kappa shape index (κ1) is 22.1. The molecule has 0 saturated carbocycles. The molecule has 0 aromatic heterocycles. The Morgan fingerprint density at radius 1 is 0.852 bits per heavy atom. The van der Waals surface area contributed by atoms with E-state index in [1.165, 1.54) is 89.0 Å². The van der Waals surface area contributed by atoms with E-state index in [-0.39, 0.29) is 0 Å². The highest BCUT2D eigenvalue weighted by Crippen LogP contribution is 2.30. The standard InChI is InChI=1S/C26H42O/c1-3-5-6-7-8-9-10-11-23-12-14-24(15-13-23)16-17-25-18-20-26(21-19-25)27-22-4-2/h14,18-21,23H,3-13,15-17,22H2,1-2H3. The average Bonchev–Trinajstić information content (AvgIpc) is 2.71. The van der Waals surface area contributed by atoms with Crippen LogP contribution in [0.1, 0.15) is 103 Å². The van der Waals surface area contributed by atoms with Crippen LogP contribution in [0.25, 0.3) is 0 Å². The topological polar surface area (TPSA) is 9.23 Å². The first-order chi connectivity index (χ1) is 13.3. The molecule has 0 saturated heterocycles. The summed E-state index contributed by atoms with van der Waals surface area (Å²) >= 11 is 0. The molecule has 0 aliphatic heterocycles. The van der Waals surface area contributed by atoms with Crippen molar-refractivity contribution in [3.8, 4) is 5.75 Å². The second-order valence-corrected chi connectivity index (χ2v) is 8.41. The molecule has 1 aromatic carbocycles. The molecule has 1 unspecified atom stereocenters. The number of aryl methyl sites for hydroxylation is 1. The normalized spacial score (nSPS) is 17.0. The quantitative estimate of drug-likeness (QED) is 0.236. The molecular formula is C26H42O. The molecule has 0 amide bonds. The van der Waals surface area contributed by atoms with Crippen LogP contribution in [-0.2, 0) is 6.42 Å². The van der Waals surface area contributed by atoms with Crippen LogP contribution >= 0.6 is 0 Å². The van der Waals surface area contributed by atoms with Crippen molar-refractivity contribution in [1.29, 1.82) is 0 Å². The van der Waals surface area contributed by atoms with Gasteiger partial charge in [-0.25, -0.2) is 0 Å². The minimum Gasteiger partial charge on any atom is -0.494 e. The van der Waals surface area contributed by atoms with Crippen molar-refractivity contribution in [3.05, 3.63) is 41.5 Å². The zero-order chi connectivity index (χ0) is 19.2. The molecule has 1 heteroatoms. The third-order valence-electron chi connectivity index (χ3n) is 5.96. The first-order valence-corrected chi connectivity index (χ1v) is 11.7. The number of unbranched alkanes of at least 4 members (excludes halogenated alkanes) is 6. The maximum absolute atomic E-state index is 5.67. The summed E-state index contributed by atoms with van der Waals surface area (Å²) in [6, 6.07) is 8.71. The van der Waals surface area contributed by atoms with E-state index < -0.39 is 0 Å². The zero-order valence-corrected chi connectivity index (χ0v) is 18.0. The van der Waals surface area contributed by atoms with E-state index in [4.69, 9.17) is 4.74 Å². The lowest BCUT2D eigenvalue weighted by molar-refractivity contribution is 0.317. The molecule has 27 heavy (non-hydrogen) atoms. The fraction of sp³-hybridized carbons (Fsp3) is 0.692. The zero-order valence-electron chi connectivity index (χ0n) is 18.0. The van der Waals surface area contributed by atoms with Crippen molar-refractivity contribution in [1.82, 2.24) is 0 Å². The van der Waals surface area contributed by atoms with Gasteiger partial charge in [-0.3, -0.25) is 0 Å². The Morgan fingerprint density at radius 2 is 1.59 bits per heavy atom. The maximum atomic E-state index is 5.67. The summed E-state index contributed by atoms with van der Waals surface area (Å²) in [7, 11) is 0. The van der Waals surface area contributed by atoms with Crippen molar-refractivity contribution in [2.24, 2.45) is 5.92 Å². The van der Waals surface area contributed by atoms with Crippen molar-refractivity contribution >= 4 is 0 Å². The Bertz CT molecular complexity index is 514. The van der Waals surface area contributed by atoms with Crippen LogP contribution in [0.2, 0.25) is 0 Å². The van der Waals surface area contributed by atoms with Gasteiger partial charge in [0.15, 0.2) is 0 Å². The van der Waals surface area contributed by atoms with Crippen molar-refractivity contribution in [3.63, 3.8) is 0 Å². The Hall–Kier alpha value is -1.24. The molecule has 0 bridgehead atoms. The largest absolute Gasteiger partial charge is 0.494 e. The Labute approximate surface area is 168 Å². The molecule has 1 atom stereocenters. The average molecular weight is 371 g/mol. The molecule has 1 aliphatic rings. The number of allylic oxidation sites excluding steroid dienone is 2. The minimum absolute atomic E-state index is 0.812. The first-order valence-electron chi connectivity index (χ1n) is 11.7. The smallest absolute Gasteiger partial charge is 0.119 e. The SMILES string of the molecule is CCCCCCCCCC1CC=C(CCc2ccc(OCCC)cc2)CC1. The predicted molar refractivity (Wildman–Crippen MR) is 119 cm³/mol. The van der Waals surface area contributed by atoms with E-state index in [2.05, 4.69) is 44.2 Å². The van der Waals surface area contributed by atoms with Crippen molar-refractivity contribution in [2.75, 3.05) is 6.61 Å². The highest BCUT2D eigenvalue weighted by Gasteiger charge is 2.14. The van der Waals surface area contributed by atoms with Gasteiger partial charge in [0.25, 0.3) is 0 Å². The van der Waals surface area contributed by atoms with Gasteiger partial charge in [-0.05, 0) is 62.1 Å². The monoisotopic (exact) mass is 370 g/mol.